The van der Waals surface area contributed by atoms with Crippen molar-refractivity contribution in [1.29, 1.82) is 5.41 Å². The number of piperidine rings is 1. The van der Waals surface area contributed by atoms with Crippen molar-refractivity contribution in [1.82, 2.24) is 14.9 Å². The number of nitrogens with one attached hydrogen (secondary N) is 2. The van der Waals surface area contributed by atoms with E-state index in [1.807, 2.05) is 0 Å². The van der Waals surface area contributed by atoms with Crippen molar-refractivity contribution in [2.75, 3.05) is 25.0 Å². The van der Waals surface area contributed by atoms with Crippen LogP contribution in [0, 0.1) is 24.1 Å². The van der Waals surface area contributed by atoms with Gasteiger partial charge in [-0.3, -0.25) is 0 Å². The normalized spacial score (nSPS) is 18.0. The van der Waals surface area contributed by atoms with E-state index in [0.717, 1.165) is 11.1 Å². The van der Waals surface area contributed by atoms with Crippen LogP contribution in [0.4, 0.5) is 23.9 Å². The highest BCUT2D eigenvalue weighted by Gasteiger charge is 2.46. The van der Waals surface area contributed by atoms with Gasteiger partial charge in [-0.05, 0) is 31.0 Å². The first-order valence-electron chi connectivity index (χ1n) is 9.40. The molecule has 1 aliphatic heterocycles. The molecule has 2 heterocycles. The minimum atomic E-state index is -3.11. The Morgan fingerprint density at radius 3 is 2.77 bits per heavy atom. The molecule has 3 rings (SSSR count). The Balaban J connectivity index is 1.51. The van der Waals surface area contributed by atoms with Gasteiger partial charge in [0.2, 0.25) is 5.95 Å². The first-order chi connectivity index (χ1) is 14.3. The lowest BCUT2D eigenvalue weighted by atomic mass is 9.93. The second-order valence-electron chi connectivity index (χ2n) is 7.11. The molecule has 0 unspecified atom stereocenters. The summed E-state index contributed by atoms with van der Waals surface area (Å²) < 4.78 is 47.2. The van der Waals surface area contributed by atoms with Crippen LogP contribution >= 0.6 is 0 Å². The summed E-state index contributed by atoms with van der Waals surface area (Å²) in [6, 6.07) is 5.40. The van der Waals surface area contributed by atoms with Gasteiger partial charge in [-0.1, -0.05) is 12.1 Å². The number of alkyl halides is 2. The molecule has 2 N–H and O–H groups in total. The monoisotopic (exact) mass is 421 g/mol. The second-order valence-corrected chi connectivity index (χ2v) is 7.11. The Kier molecular flexibility index (Phi) is 6.53. The van der Waals surface area contributed by atoms with E-state index in [1.165, 1.54) is 30.5 Å². The van der Waals surface area contributed by atoms with Gasteiger partial charge < -0.3 is 20.4 Å². The molecule has 0 bridgehead atoms. The molecule has 10 heteroatoms. The average molecular weight is 421 g/mol. The molecule has 160 valence electrons. The van der Waals surface area contributed by atoms with Crippen molar-refractivity contribution in [3.63, 3.8) is 0 Å². The predicted octanol–water partition coefficient (Wildman–Crippen LogP) is 3.63. The quantitative estimate of drug-likeness (QED) is 0.695. The molecule has 0 radical (unpaired) electrons. The minimum absolute atomic E-state index is 0.0468. The zero-order valence-electron chi connectivity index (χ0n) is 16.4. The number of aryl methyl sites for hydroxylation is 1. The molecule has 30 heavy (non-hydrogen) atoms. The van der Waals surface area contributed by atoms with Crippen LogP contribution in [0.25, 0.3) is 0 Å². The molecule has 2 aromatic rings. The van der Waals surface area contributed by atoms with Crippen LogP contribution in [-0.2, 0) is 11.3 Å². The Bertz CT molecular complexity index is 908. The third-order valence-electron chi connectivity index (χ3n) is 4.96. The number of halogens is 3. The molecule has 1 aromatic carbocycles. The van der Waals surface area contributed by atoms with E-state index in [2.05, 4.69) is 15.3 Å². The number of rotatable bonds is 6. The summed E-state index contributed by atoms with van der Waals surface area (Å²) in [5.41, 5.74) is 1.70. The number of hydrogen-bond donors (Lipinski definition) is 2. The molecule has 1 amide bonds. The van der Waals surface area contributed by atoms with E-state index in [9.17, 15) is 18.0 Å². The van der Waals surface area contributed by atoms with E-state index in [-0.39, 0.29) is 32.1 Å². The minimum Gasteiger partial charge on any atom is -0.445 e. The second kappa shape index (κ2) is 9.10. The number of nitrogens with zero attached hydrogens (tertiary/aromatic N) is 3. The van der Waals surface area contributed by atoms with Gasteiger partial charge in [-0.2, -0.15) is 0 Å². The summed E-state index contributed by atoms with van der Waals surface area (Å²) in [4.78, 5) is 21.3. The molecule has 7 nitrogen and oxygen atoms in total. The lowest BCUT2D eigenvalue weighted by Crippen LogP contribution is -2.52. The standard InChI is InChI=1S/C20H22F3N5O2/c1-13-15(8-24)9-25-18(27-13)26-10-16-6-7-28(12-20(16,22)23)19(29)30-11-14-2-4-17(21)5-3-14/h2-5,8-9,16,24H,6-7,10-12H2,1H3,(H,25,26,27)/t16-/m1/s1. The number of likely N-dealkylation sites (tertiary alicyclic amines) is 1. The number of aromatic nitrogens is 2. The molecule has 1 aliphatic rings. The van der Waals surface area contributed by atoms with E-state index >= 15 is 0 Å². The fourth-order valence-electron chi connectivity index (χ4n) is 3.13. The van der Waals surface area contributed by atoms with Gasteiger partial charge in [-0.15, -0.1) is 0 Å². The Morgan fingerprint density at radius 1 is 1.40 bits per heavy atom. The molecule has 0 aliphatic carbocycles. The molecule has 1 atom stereocenters. The number of carbonyl (C=O) groups excluding carboxylic acids is 1. The number of anilines is 1. The van der Waals surface area contributed by atoms with Crippen molar-refractivity contribution in [2.24, 2.45) is 5.92 Å². The van der Waals surface area contributed by atoms with Crippen LogP contribution < -0.4 is 5.32 Å². The predicted molar refractivity (Wildman–Crippen MR) is 104 cm³/mol. The first-order valence-corrected chi connectivity index (χ1v) is 9.40. The summed E-state index contributed by atoms with van der Waals surface area (Å²) >= 11 is 0. The van der Waals surface area contributed by atoms with E-state index in [4.69, 9.17) is 10.1 Å². The van der Waals surface area contributed by atoms with E-state index in [1.54, 1.807) is 6.92 Å². The summed E-state index contributed by atoms with van der Waals surface area (Å²) in [6.07, 6.45) is 1.84. The van der Waals surface area contributed by atoms with Gasteiger partial charge in [0.1, 0.15) is 12.4 Å². The molecule has 1 fully saturated rings. The highest BCUT2D eigenvalue weighted by molar-refractivity contribution is 5.77. The Morgan fingerprint density at radius 2 is 2.13 bits per heavy atom. The molecular formula is C20H22F3N5O2. The number of ether oxygens (including phenoxy) is 1. The fraction of sp³-hybridized carbons (Fsp3) is 0.400. The van der Waals surface area contributed by atoms with E-state index in [0.29, 0.717) is 16.8 Å². The summed E-state index contributed by atoms with van der Waals surface area (Å²) in [6.45, 7) is 0.937. The van der Waals surface area contributed by atoms with E-state index < -0.39 is 30.3 Å². The molecular weight excluding hydrogens is 399 g/mol. The number of hydrogen-bond acceptors (Lipinski definition) is 6. The van der Waals surface area contributed by atoms with Crippen LogP contribution in [-0.4, -0.2) is 52.7 Å². The van der Waals surface area contributed by atoms with Crippen LogP contribution in [0.1, 0.15) is 23.2 Å². The maximum atomic E-state index is 14.6. The van der Waals surface area contributed by atoms with Gasteiger partial charge in [-0.25, -0.2) is 27.9 Å². The number of benzene rings is 1. The summed E-state index contributed by atoms with van der Waals surface area (Å²) in [5, 5.41) is 10.0. The van der Waals surface area contributed by atoms with Crippen LogP contribution in [0.2, 0.25) is 0 Å². The molecule has 0 saturated carbocycles. The zero-order chi connectivity index (χ0) is 21.7. The van der Waals surface area contributed by atoms with Crippen LogP contribution in [0.3, 0.4) is 0 Å². The first kappa shape index (κ1) is 21.5. The summed E-state index contributed by atoms with van der Waals surface area (Å²) in [7, 11) is 0. The van der Waals surface area contributed by atoms with Crippen LogP contribution in [0.5, 0.6) is 0 Å². The van der Waals surface area contributed by atoms with Crippen molar-refractivity contribution in [2.45, 2.75) is 25.9 Å². The van der Waals surface area contributed by atoms with Crippen molar-refractivity contribution < 1.29 is 22.7 Å². The lowest BCUT2D eigenvalue weighted by molar-refractivity contribution is -0.102. The number of amides is 1. The third-order valence-corrected chi connectivity index (χ3v) is 4.96. The van der Waals surface area contributed by atoms with Gasteiger partial charge in [0, 0.05) is 37.0 Å². The summed E-state index contributed by atoms with van der Waals surface area (Å²) in [5.74, 6) is -4.30. The maximum Gasteiger partial charge on any atom is 0.410 e. The molecule has 1 aromatic heterocycles. The van der Waals surface area contributed by atoms with Crippen molar-refractivity contribution >= 4 is 18.3 Å². The average Bonchev–Trinajstić information content (AvgIpc) is 2.71. The highest BCUT2D eigenvalue weighted by Crippen LogP contribution is 2.33. The lowest BCUT2D eigenvalue weighted by Gasteiger charge is -2.37. The Hall–Kier alpha value is -3.17. The smallest absolute Gasteiger partial charge is 0.410 e. The molecule has 0 spiro atoms. The Labute approximate surface area is 171 Å². The highest BCUT2D eigenvalue weighted by atomic mass is 19.3. The maximum absolute atomic E-state index is 14.6. The fourth-order valence-corrected chi connectivity index (χ4v) is 3.13. The SMILES string of the molecule is Cc1nc(NC[C@H]2CCN(C(=O)OCc3ccc(F)cc3)CC2(F)F)ncc1C=N. The van der Waals surface area contributed by atoms with Gasteiger partial charge in [0.25, 0.3) is 5.92 Å². The van der Waals surface area contributed by atoms with Crippen LogP contribution in [0.15, 0.2) is 30.5 Å². The molecule has 1 saturated heterocycles. The van der Waals surface area contributed by atoms with Gasteiger partial charge in [0.05, 0.1) is 12.2 Å². The van der Waals surface area contributed by atoms with Crippen molar-refractivity contribution in [3.05, 3.63) is 53.1 Å². The zero-order valence-corrected chi connectivity index (χ0v) is 16.4. The van der Waals surface area contributed by atoms with Gasteiger partial charge in [0.15, 0.2) is 0 Å². The largest absolute Gasteiger partial charge is 0.445 e. The topological polar surface area (TPSA) is 91.2 Å². The van der Waals surface area contributed by atoms with Gasteiger partial charge >= 0.3 is 6.09 Å². The third kappa shape index (κ3) is 5.25. The number of carbonyl (C=O) groups is 1. The van der Waals surface area contributed by atoms with Crippen molar-refractivity contribution in [3.8, 4) is 0 Å².